The van der Waals surface area contributed by atoms with Gasteiger partial charge in [-0.25, -0.2) is 8.42 Å². The van der Waals surface area contributed by atoms with Gasteiger partial charge < -0.3 is 5.73 Å². The van der Waals surface area contributed by atoms with Gasteiger partial charge in [-0.05, 0) is 55.9 Å². The van der Waals surface area contributed by atoms with Gasteiger partial charge in [0.1, 0.15) is 0 Å². The number of benzene rings is 1. The molecule has 2 rings (SSSR count). The maximum atomic E-state index is 12.8. The molecular formula is C15H24N2O2S. The molecule has 1 aromatic rings. The molecule has 0 bridgehead atoms. The number of sulfonamides is 1. The lowest BCUT2D eigenvalue weighted by Crippen LogP contribution is -2.29. The third-order valence-corrected chi connectivity index (χ3v) is 6.20. The molecule has 0 aliphatic carbocycles. The average Bonchev–Trinajstić information content (AvgIpc) is 2.83. The first-order valence-electron chi connectivity index (χ1n) is 7.23. The minimum atomic E-state index is -3.41. The minimum absolute atomic E-state index is 0.368. The minimum Gasteiger partial charge on any atom is -0.399 e. The highest BCUT2D eigenvalue weighted by Gasteiger charge is 2.33. The van der Waals surface area contributed by atoms with E-state index in [9.17, 15) is 8.42 Å². The monoisotopic (exact) mass is 296 g/mol. The molecule has 5 heteroatoms. The zero-order chi connectivity index (χ0) is 14.9. The van der Waals surface area contributed by atoms with Gasteiger partial charge in [-0.1, -0.05) is 13.3 Å². The van der Waals surface area contributed by atoms with E-state index in [1.54, 1.807) is 10.4 Å². The van der Waals surface area contributed by atoms with Gasteiger partial charge in [0.15, 0.2) is 0 Å². The Morgan fingerprint density at radius 1 is 1.35 bits per heavy atom. The molecule has 1 fully saturated rings. The normalized spacial score (nSPS) is 20.4. The molecule has 0 radical (unpaired) electrons. The van der Waals surface area contributed by atoms with Crippen LogP contribution in [-0.2, 0) is 10.0 Å². The second-order valence-corrected chi connectivity index (χ2v) is 7.67. The summed E-state index contributed by atoms with van der Waals surface area (Å²) >= 11 is 0. The molecule has 1 heterocycles. The smallest absolute Gasteiger partial charge is 0.243 e. The molecule has 1 aliphatic rings. The Kier molecular flexibility index (Phi) is 4.39. The van der Waals surface area contributed by atoms with Crippen molar-refractivity contribution in [1.29, 1.82) is 0 Å². The van der Waals surface area contributed by atoms with Crippen molar-refractivity contribution in [2.24, 2.45) is 5.92 Å². The molecule has 1 unspecified atom stereocenters. The highest BCUT2D eigenvalue weighted by Crippen LogP contribution is 2.30. The maximum Gasteiger partial charge on any atom is 0.243 e. The first-order valence-corrected chi connectivity index (χ1v) is 8.67. The maximum absolute atomic E-state index is 12.8. The van der Waals surface area contributed by atoms with Crippen LogP contribution in [0.2, 0.25) is 0 Å². The van der Waals surface area contributed by atoms with E-state index in [0.29, 0.717) is 29.6 Å². The third-order valence-electron chi connectivity index (χ3n) is 4.21. The average molecular weight is 296 g/mol. The Morgan fingerprint density at radius 3 is 2.70 bits per heavy atom. The van der Waals surface area contributed by atoms with E-state index in [0.717, 1.165) is 30.4 Å². The zero-order valence-corrected chi connectivity index (χ0v) is 13.3. The van der Waals surface area contributed by atoms with Crippen LogP contribution in [0.15, 0.2) is 17.0 Å². The van der Waals surface area contributed by atoms with Gasteiger partial charge in [-0.3, -0.25) is 0 Å². The van der Waals surface area contributed by atoms with Gasteiger partial charge in [0, 0.05) is 18.8 Å². The van der Waals surface area contributed by atoms with Crippen LogP contribution in [0.4, 0.5) is 5.69 Å². The lowest BCUT2D eigenvalue weighted by Gasteiger charge is -2.19. The van der Waals surface area contributed by atoms with Gasteiger partial charge in [-0.2, -0.15) is 4.31 Å². The fourth-order valence-corrected chi connectivity index (χ4v) is 4.78. The largest absolute Gasteiger partial charge is 0.399 e. The van der Waals surface area contributed by atoms with Crippen molar-refractivity contribution < 1.29 is 8.42 Å². The summed E-state index contributed by atoms with van der Waals surface area (Å²) in [6.07, 6.45) is 3.17. The molecule has 0 spiro atoms. The molecule has 4 nitrogen and oxygen atoms in total. The van der Waals surface area contributed by atoms with Crippen molar-refractivity contribution in [3.63, 3.8) is 0 Å². The van der Waals surface area contributed by atoms with E-state index in [4.69, 9.17) is 5.73 Å². The van der Waals surface area contributed by atoms with Crippen LogP contribution in [0.5, 0.6) is 0 Å². The quantitative estimate of drug-likeness (QED) is 0.869. The molecule has 112 valence electrons. The third kappa shape index (κ3) is 2.83. The van der Waals surface area contributed by atoms with Crippen LogP contribution in [-0.4, -0.2) is 25.8 Å². The molecule has 1 saturated heterocycles. The van der Waals surface area contributed by atoms with Crippen molar-refractivity contribution in [2.45, 2.75) is 44.9 Å². The van der Waals surface area contributed by atoms with E-state index in [1.807, 2.05) is 19.9 Å². The molecule has 0 saturated carbocycles. The van der Waals surface area contributed by atoms with E-state index < -0.39 is 10.0 Å². The summed E-state index contributed by atoms with van der Waals surface area (Å²) in [6, 6.07) is 3.41. The first-order chi connectivity index (χ1) is 9.36. The summed E-state index contributed by atoms with van der Waals surface area (Å²) in [5.74, 6) is 0.497. The number of aryl methyl sites for hydroxylation is 1. The predicted octanol–water partition coefficient (Wildman–Crippen LogP) is 2.70. The van der Waals surface area contributed by atoms with Crippen LogP contribution < -0.4 is 5.73 Å². The summed E-state index contributed by atoms with van der Waals surface area (Å²) in [5.41, 5.74) is 8.05. The van der Waals surface area contributed by atoms with Crippen molar-refractivity contribution >= 4 is 15.7 Å². The van der Waals surface area contributed by atoms with Gasteiger partial charge in [0.25, 0.3) is 0 Å². The summed E-state index contributed by atoms with van der Waals surface area (Å²) in [4.78, 5) is 0.368. The van der Waals surface area contributed by atoms with Crippen molar-refractivity contribution in [3.8, 4) is 0 Å². The van der Waals surface area contributed by atoms with Crippen LogP contribution >= 0.6 is 0 Å². The Bertz CT molecular complexity index is 596. The van der Waals surface area contributed by atoms with Crippen LogP contribution in [0, 0.1) is 19.8 Å². The van der Waals surface area contributed by atoms with Crippen LogP contribution in [0.1, 0.15) is 37.3 Å². The Morgan fingerprint density at radius 2 is 2.05 bits per heavy atom. The van der Waals surface area contributed by atoms with Gasteiger partial charge in [0.2, 0.25) is 10.0 Å². The predicted molar refractivity (Wildman–Crippen MR) is 82.1 cm³/mol. The summed E-state index contributed by atoms with van der Waals surface area (Å²) < 4.78 is 27.2. The summed E-state index contributed by atoms with van der Waals surface area (Å²) in [5, 5.41) is 0. The molecule has 1 aliphatic heterocycles. The van der Waals surface area contributed by atoms with Gasteiger partial charge in [0.05, 0.1) is 4.90 Å². The fraction of sp³-hybridized carbons (Fsp3) is 0.600. The van der Waals surface area contributed by atoms with E-state index in [1.165, 1.54) is 0 Å². The highest BCUT2D eigenvalue weighted by atomic mass is 32.2. The van der Waals surface area contributed by atoms with Crippen molar-refractivity contribution in [1.82, 2.24) is 4.31 Å². The Balaban J connectivity index is 2.32. The first kappa shape index (κ1) is 15.3. The number of nitrogens with two attached hydrogens (primary N) is 1. The lowest BCUT2D eigenvalue weighted by atomic mass is 10.0. The number of rotatable bonds is 4. The van der Waals surface area contributed by atoms with Gasteiger partial charge >= 0.3 is 0 Å². The number of nitrogen functional groups attached to an aromatic ring is 1. The summed E-state index contributed by atoms with van der Waals surface area (Å²) in [6.45, 7) is 7.15. The van der Waals surface area contributed by atoms with Crippen molar-refractivity contribution in [3.05, 3.63) is 23.3 Å². The molecule has 1 atom stereocenters. The molecule has 1 aromatic carbocycles. The second kappa shape index (κ2) is 5.74. The van der Waals surface area contributed by atoms with E-state index >= 15 is 0 Å². The van der Waals surface area contributed by atoms with E-state index in [2.05, 4.69) is 6.92 Å². The lowest BCUT2D eigenvalue weighted by molar-refractivity contribution is 0.444. The molecule has 0 aromatic heterocycles. The standard InChI is InChI=1S/C15H24N2O2S/c1-4-5-13-6-7-17(10-13)20(18,19)15-9-14(16)8-11(2)12(15)3/h8-9,13H,4-7,10,16H2,1-3H3. The summed E-state index contributed by atoms with van der Waals surface area (Å²) in [7, 11) is -3.41. The fourth-order valence-electron chi connectivity index (χ4n) is 2.92. The number of anilines is 1. The molecule has 0 amide bonds. The van der Waals surface area contributed by atoms with Gasteiger partial charge in [-0.15, -0.1) is 0 Å². The molecule has 2 N–H and O–H groups in total. The number of nitrogens with zero attached hydrogens (tertiary/aromatic N) is 1. The van der Waals surface area contributed by atoms with Crippen LogP contribution in [0.3, 0.4) is 0 Å². The van der Waals surface area contributed by atoms with Crippen LogP contribution in [0.25, 0.3) is 0 Å². The zero-order valence-electron chi connectivity index (χ0n) is 12.5. The number of hydrogen-bond acceptors (Lipinski definition) is 3. The Hall–Kier alpha value is -1.07. The van der Waals surface area contributed by atoms with Crippen molar-refractivity contribution in [2.75, 3.05) is 18.8 Å². The highest BCUT2D eigenvalue weighted by molar-refractivity contribution is 7.89. The Labute approximate surface area is 122 Å². The number of hydrogen-bond donors (Lipinski definition) is 1. The SMILES string of the molecule is CCCC1CCN(S(=O)(=O)c2cc(N)cc(C)c2C)C1. The topological polar surface area (TPSA) is 63.4 Å². The van der Waals surface area contributed by atoms with E-state index in [-0.39, 0.29) is 0 Å². The second-order valence-electron chi connectivity index (χ2n) is 5.77. The molecular weight excluding hydrogens is 272 g/mol. The molecule has 20 heavy (non-hydrogen) atoms.